The van der Waals surface area contributed by atoms with E-state index in [1.807, 2.05) is 0 Å². The molecule has 1 saturated heterocycles. The molecule has 1 rings (SSSR count). The van der Waals surface area contributed by atoms with Crippen LogP contribution in [0.1, 0.15) is 19.8 Å². The molecule has 0 radical (unpaired) electrons. The Hall–Kier alpha value is -1.30. The summed E-state index contributed by atoms with van der Waals surface area (Å²) in [4.78, 5) is 24.7. The van der Waals surface area contributed by atoms with Gasteiger partial charge in [0.1, 0.15) is 12.1 Å². The van der Waals surface area contributed by atoms with Gasteiger partial charge >= 0.3 is 12.1 Å². The number of piperidine rings is 1. The van der Waals surface area contributed by atoms with Crippen molar-refractivity contribution in [2.24, 2.45) is 5.92 Å². The van der Waals surface area contributed by atoms with E-state index in [9.17, 15) is 9.59 Å². The molecule has 2 atom stereocenters. The van der Waals surface area contributed by atoms with E-state index in [2.05, 4.69) is 4.74 Å². The molecule has 1 heterocycles. The molecule has 0 aromatic carbocycles. The van der Waals surface area contributed by atoms with Crippen molar-refractivity contribution in [1.29, 1.82) is 0 Å². The van der Waals surface area contributed by atoms with E-state index in [1.165, 1.54) is 19.1 Å². The quantitative estimate of drug-likeness (QED) is 0.694. The van der Waals surface area contributed by atoms with Crippen LogP contribution >= 0.6 is 0 Å². The Labute approximate surface area is 101 Å². The molecule has 0 saturated carbocycles. The fourth-order valence-corrected chi connectivity index (χ4v) is 2.06. The summed E-state index contributed by atoms with van der Waals surface area (Å²) in [5.74, 6) is -0.763. The van der Waals surface area contributed by atoms with Crippen LogP contribution in [0, 0.1) is 5.92 Å². The molecule has 0 bridgehead atoms. The van der Waals surface area contributed by atoms with E-state index >= 15 is 0 Å². The monoisotopic (exact) mass is 245 g/mol. The smallest absolute Gasteiger partial charge is 0.411 e. The Morgan fingerprint density at radius 2 is 2.06 bits per heavy atom. The van der Waals surface area contributed by atoms with Crippen LogP contribution in [0.5, 0.6) is 0 Å². The zero-order valence-corrected chi connectivity index (χ0v) is 10.5. The second kappa shape index (κ2) is 6.44. The summed E-state index contributed by atoms with van der Waals surface area (Å²) in [7, 11) is 2.78. The van der Waals surface area contributed by atoms with Crippen LogP contribution < -0.4 is 0 Å². The molecule has 1 aliphatic rings. The highest BCUT2D eigenvalue weighted by Crippen LogP contribution is 2.26. The minimum Gasteiger partial charge on any atom is -0.466 e. The van der Waals surface area contributed by atoms with Crippen LogP contribution in [0.3, 0.4) is 0 Å². The maximum absolute atomic E-state index is 11.7. The van der Waals surface area contributed by atoms with Crippen molar-refractivity contribution in [1.82, 2.24) is 4.90 Å². The van der Waals surface area contributed by atoms with E-state index in [4.69, 9.17) is 9.47 Å². The van der Waals surface area contributed by atoms with Crippen LogP contribution in [0.15, 0.2) is 0 Å². The van der Waals surface area contributed by atoms with Crippen molar-refractivity contribution in [3.8, 4) is 0 Å². The van der Waals surface area contributed by atoms with Gasteiger partial charge in [0.15, 0.2) is 0 Å². The minimum absolute atomic E-state index is 0.323. The van der Waals surface area contributed by atoms with Gasteiger partial charge in [-0.2, -0.15) is 0 Å². The van der Waals surface area contributed by atoms with Gasteiger partial charge in [0.05, 0.1) is 13.7 Å². The molecule has 0 aliphatic carbocycles. The Balaban J connectivity index is 2.77. The number of rotatable bonds is 3. The number of methoxy groups -OCH3 is 2. The van der Waals surface area contributed by atoms with E-state index in [0.717, 1.165) is 6.42 Å². The number of amides is 1. The number of carbonyl (C=O) groups is 2. The lowest BCUT2D eigenvalue weighted by molar-refractivity contribution is -0.163. The summed E-state index contributed by atoms with van der Waals surface area (Å²) in [6.07, 6.45) is 0.310. The Morgan fingerprint density at radius 3 is 2.59 bits per heavy atom. The molecule has 0 N–H and O–H groups in total. The van der Waals surface area contributed by atoms with Crippen LogP contribution in [-0.4, -0.2) is 50.6 Å². The predicted molar refractivity (Wildman–Crippen MR) is 59.3 cm³/mol. The van der Waals surface area contributed by atoms with Gasteiger partial charge in [-0.15, -0.1) is 0 Å². The van der Waals surface area contributed by atoms with Gasteiger partial charge < -0.3 is 14.2 Å². The molecule has 0 spiro atoms. The van der Waals surface area contributed by atoms with Gasteiger partial charge in [-0.1, -0.05) is 0 Å². The SMILES string of the molecule is CCOC(=O)C1CCCN(C(=O)OC)C1OC. The fourth-order valence-electron chi connectivity index (χ4n) is 2.06. The summed E-state index contributed by atoms with van der Waals surface area (Å²) in [5, 5.41) is 0. The molecule has 0 aromatic rings. The van der Waals surface area contributed by atoms with Crippen molar-refractivity contribution in [2.45, 2.75) is 26.0 Å². The van der Waals surface area contributed by atoms with Gasteiger partial charge in [0.25, 0.3) is 0 Å². The number of carbonyl (C=O) groups excluding carboxylic acids is 2. The van der Waals surface area contributed by atoms with Gasteiger partial charge in [0.2, 0.25) is 0 Å². The molecule has 1 amide bonds. The molecular weight excluding hydrogens is 226 g/mol. The molecule has 1 aliphatic heterocycles. The first kappa shape index (κ1) is 13.8. The van der Waals surface area contributed by atoms with Crippen molar-refractivity contribution in [3.63, 3.8) is 0 Å². The molecule has 6 nitrogen and oxygen atoms in total. The van der Waals surface area contributed by atoms with Crippen molar-refractivity contribution in [3.05, 3.63) is 0 Å². The first-order valence-corrected chi connectivity index (χ1v) is 5.69. The van der Waals surface area contributed by atoms with Crippen molar-refractivity contribution in [2.75, 3.05) is 27.4 Å². The fraction of sp³-hybridized carbons (Fsp3) is 0.818. The highest BCUT2D eigenvalue weighted by Gasteiger charge is 2.39. The van der Waals surface area contributed by atoms with E-state index in [0.29, 0.717) is 19.6 Å². The lowest BCUT2D eigenvalue weighted by atomic mass is 9.96. The maximum atomic E-state index is 11.7. The highest BCUT2D eigenvalue weighted by molar-refractivity contribution is 5.75. The summed E-state index contributed by atoms with van der Waals surface area (Å²) in [5.41, 5.74) is 0. The number of hydrogen-bond donors (Lipinski definition) is 0. The zero-order chi connectivity index (χ0) is 12.8. The average molecular weight is 245 g/mol. The van der Waals surface area contributed by atoms with Gasteiger partial charge in [-0.25, -0.2) is 4.79 Å². The van der Waals surface area contributed by atoms with Gasteiger partial charge in [-0.05, 0) is 19.8 Å². The lowest BCUT2D eigenvalue weighted by Crippen LogP contribution is -2.52. The van der Waals surface area contributed by atoms with Crippen LogP contribution in [0.2, 0.25) is 0 Å². The average Bonchev–Trinajstić information content (AvgIpc) is 2.37. The number of nitrogens with zero attached hydrogens (tertiary/aromatic N) is 1. The van der Waals surface area contributed by atoms with Gasteiger partial charge in [-0.3, -0.25) is 9.69 Å². The third-order valence-corrected chi connectivity index (χ3v) is 2.81. The molecule has 98 valence electrons. The largest absolute Gasteiger partial charge is 0.466 e. The standard InChI is InChI=1S/C11H19NO5/c1-4-17-10(13)8-6-5-7-12(9(8)15-2)11(14)16-3/h8-9H,4-7H2,1-3H3. The number of likely N-dealkylation sites (tertiary alicyclic amines) is 1. The Bertz CT molecular complexity index is 281. The highest BCUT2D eigenvalue weighted by atomic mass is 16.6. The van der Waals surface area contributed by atoms with Crippen LogP contribution in [0.25, 0.3) is 0 Å². The van der Waals surface area contributed by atoms with Crippen LogP contribution in [-0.2, 0) is 19.0 Å². The van der Waals surface area contributed by atoms with Crippen LogP contribution in [0.4, 0.5) is 4.79 Å². The minimum atomic E-state index is -0.602. The molecular formula is C11H19NO5. The molecule has 0 aromatic heterocycles. The first-order valence-electron chi connectivity index (χ1n) is 5.69. The predicted octanol–water partition coefficient (Wildman–Crippen LogP) is 1.00. The molecule has 17 heavy (non-hydrogen) atoms. The first-order chi connectivity index (χ1) is 8.15. The normalized spacial score (nSPS) is 24.3. The Kier molecular flexibility index (Phi) is 5.21. The summed E-state index contributed by atoms with van der Waals surface area (Å²) in [6.45, 7) is 2.60. The van der Waals surface area contributed by atoms with Gasteiger partial charge in [0, 0.05) is 13.7 Å². The zero-order valence-electron chi connectivity index (χ0n) is 10.5. The third kappa shape index (κ3) is 3.09. The maximum Gasteiger partial charge on any atom is 0.411 e. The number of esters is 1. The lowest BCUT2D eigenvalue weighted by Gasteiger charge is -2.37. The number of ether oxygens (including phenoxy) is 3. The van der Waals surface area contributed by atoms with Crippen molar-refractivity contribution >= 4 is 12.1 Å². The summed E-state index contributed by atoms with van der Waals surface area (Å²) < 4.78 is 14.9. The van der Waals surface area contributed by atoms with E-state index < -0.39 is 18.2 Å². The molecule has 1 fully saturated rings. The Morgan fingerprint density at radius 1 is 1.35 bits per heavy atom. The second-order valence-corrected chi connectivity index (χ2v) is 3.79. The summed E-state index contributed by atoms with van der Waals surface area (Å²) >= 11 is 0. The molecule has 6 heteroatoms. The second-order valence-electron chi connectivity index (χ2n) is 3.79. The van der Waals surface area contributed by atoms with Crippen molar-refractivity contribution < 1.29 is 23.8 Å². The molecule has 2 unspecified atom stereocenters. The summed E-state index contributed by atoms with van der Waals surface area (Å²) in [6, 6.07) is 0. The third-order valence-electron chi connectivity index (χ3n) is 2.81. The number of hydrogen-bond acceptors (Lipinski definition) is 5. The topological polar surface area (TPSA) is 65.1 Å². The van der Waals surface area contributed by atoms with E-state index in [-0.39, 0.29) is 5.97 Å². The van der Waals surface area contributed by atoms with E-state index in [1.54, 1.807) is 6.92 Å².